The van der Waals surface area contributed by atoms with Crippen LogP contribution in [0.3, 0.4) is 0 Å². The molecule has 0 atom stereocenters. The zero-order valence-electron chi connectivity index (χ0n) is 18.2. The molecule has 2 aromatic rings. The molecule has 2 aromatic carbocycles. The molecule has 0 nitrogen and oxygen atoms in total. The summed E-state index contributed by atoms with van der Waals surface area (Å²) in [4.78, 5) is 0. The monoisotopic (exact) mass is 440 g/mol. The van der Waals surface area contributed by atoms with Crippen molar-refractivity contribution in [2.45, 2.75) is 51.4 Å². The van der Waals surface area contributed by atoms with Gasteiger partial charge in [0.25, 0.3) is 0 Å². The van der Waals surface area contributed by atoms with Gasteiger partial charge in [-0.3, -0.25) is 0 Å². The van der Waals surface area contributed by atoms with Crippen molar-refractivity contribution in [2.75, 3.05) is 0 Å². The lowest BCUT2D eigenvalue weighted by molar-refractivity contribution is 0.376. The number of allylic oxidation sites excluding steroid dienone is 1. The van der Waals surface area contributed by atoms with E-state index >= 15 is 0 Å². The fourth-order valence-corrected chi connectivity index (χ4v) is 4.13. The lowest BCUT2D eigenvalue weighted by Crippen LogP contribution is -2.12. The van der Waals surface area contributed by atoms with Gasteiger partial charge in [-0.25, -0.2) is 13.2 Å². The molecule has 0 aliphatic heterocycles. The van der Waals surface area contributed by atoms with Gasteiger partial charge in [0, 0.05) is 12.7 Å². The Morgan fingerprint density at radius 2 is 1.78 bits per heavy atom. The van der Waals surface area contributed by atoms with Crippen LogP contribution in [0.25, 0.3) is 6.08 Å². The molecule has 0 radical (unpaired) electrons. The van der Waals surface area contributed by atoms with Crippen molar-refractivity contribution in [1.82, 2.24) is 0 Å². The van der Waals surface area contributed by atoms with Gasteiger partial charge in [-0.05, 0) is 96.8 Å². The van der Waals surface area contributed by atoms with Crippen LogP contribution in [0.15, 0.2) is 36.4 Å². The predicted octanol–water partition coefficient (Wildman–Crippen LogP) is 8.26. The second kappa shape index (κ2) is 11.3. The Hall–Kier alpha value is -3.35. The third-order valence-electron chi connectivity index (χ3n) is 5.89. The van der Waals surface area contributed by atoms with Crippen molar-refractivity contribution in [2.24, 2.45) is 5.92 Å². The average Bonchev–Trinajstić information content (AvgIpc) is 2.80. The molecule has 0 heterocycles. The topological polar surface area (TPSA) is 0 Å². The molecule has 1 aliphatic rings. The van der Waals surface area contributed by atoms with Crippen molar-refractivity contribution in [3.05, 3.63) is 76.1 Å². The minimum atomic E-state index is -0.773. The summed E-state index contributed by atoms with van der Waals surface area (Å²) in [5, 5.41) is 0. The summed E-state index contributed by atoms with van der Waals surface area (Å²) in [6.45, 7) is 1.94. The SMILES string of the molecule is C#CC#CC#Cc1ccc(C2CCC(/C=C/c3ccc(CCC)c(F)c3F)CC2)cc1F.[HH].[HH].[HH].[HH].[HH]. The summed E-state index contributed by atoms with van der Waals surface area (Å²) < 4.78 is 42.9. The Kier molecular flexibility index (Phi) is 8.25. The number of hydrogen-bond acceptors (Lipinski definition) is 0. The van der Waals surface area contributed by atoms with E-state index in [1.54, 1.807) is 30.3 Å². The molecular formula is C29H35F3. The molecule has 0 bridgehead atoms. The Balaban J connectivity index is -0.00000231. The van der Waals surface area contributed by atoms with E-state index in [1.807, 2.05) is 19.1 Å². The molecular weight excluding hydrogens is 405 g/mol. The van der Waals surface area contributed by atoms with E-state index in [4.69, 9.17) is 6.42 Å². The third kappa shape index (κ3) is 5.87. The highest BCUT2D eigenvalue weighted by molar-refractivity contribution is 5.51. The molecule has 32 heavy (non-hydrogen) atoms. The Morgan fingerprint density at radius 3 is 2.47 bits per heavy atom. The molecule has 3 rings (SSSR count). The van der Waals surface area contributed by atoms with Crippen LogP contribution >= 0.6 is 0 Å². The minimum absolute atomic E-state index is 0. The van der Waals surface area contributed by atoms with Gasteiger partial charge in [0.05, 0.1) is 5.56 Å². The molecule has 0 aromatic heterocycles. The fourth-order valence-electron chi connectivity index (χ4n) is 4.13. The average molecular weight is 441 g/mol. The molecule has 0 unspecified atom stereocenters. The second-order valence-electron chi connectivity index (χ2n) is 8.05. The Morgan fingerprint density at radius 1 is 1.00 bits per heavy atom. The Bertz CT molecular complexity index is 1170. The van der Waals surface area contributed by atoms with Gasteiger partial charge >= 0.3 is 0 Å². The van der Waals surface area contributed by atoms with Gasteiger partial charge in [0.2, 0.25) is 0 Å². The number of benzene rings is 2. The first-order chi connectivity index (χ1) is 15.5. The van der Waals surface area contributed by atoms with Gasteiger partial charge < -0.3 is 0 Å². The summed E-state index contributed by atoms with van der Waals surface area (Å²) in [7, 11) is 0. The van der Waals surface area contributed by atoms with Gasteiger partial charge in [-0.1, -0.05) is 43.7 Å². The van der Waals surface area contributed by atoms with Crippen LogP contribution < -0.4 is 0 Å². The molecule has 0 saturated heterocycles. The highest BCUT2D eigenvalue weighted by Gasteiger charge is 2.22. The predicted molar refractivity (Wildman–Crippen MR) is 135 cm³/mol. The van der Waals surface area contributed by atoms with E-state index in [9.17, 15) is 13.2 Å². The molecule has 1 saturated carbocycles. The summed E-state index contributed by atoms with van der Waals surface area (Å²) in [5.41, 5.74) is 1.98. The van der Waals surface area contributed by atoms with Crippen LogP contribution in [0.5, 0.6) is 0 Å². The standard InChI is InChI=1S/C29H25F3.5H2/c1-3-5-6-7-9-23-16-19-26(20-27(23)30)22-13-10-21(11-14-22)12-15-25-18-17-24(8-4-2)28(31)29(25)32;;;;;/h1,12,15-22H,4,8,10-11,13-14H2,2H3;5*1H/b15-12+;;;;;. The number of aryl methyl sites for hydroxylation is 1. The zero-order valence-corrected chi connectivity index (χ0v) is 18.2. The maximum Gasteiger partial charge on any atom is 0.166 e. The quantitative estimate of drug-likeness (QED) is 0.411. The van der Waals surface area contributed by atoms with E-state index in [0.29, 0.717) is 23.5 Å². The molecule has 1 aliphatic carbocycles. The van der Waals surface area contributed by atoms with Crippen molar-refractivity contribution < 1.29 is 20.3 Å². The summed E-state index contributed by atoms with van der Waals surface area (Å²) in [6.07, 6.45) is 13.7. The lowest BCUT2D eigenvalue weighted by atomic mass is 9.78. The molecule has 0 spiro atoms. The van der Waals surface area contributed by atoms with Crippen LogP contribution in [0.4, 0.5) is 13.2 Å². The number of hydrogen-bond donors (Lipinski definition) is 0. The zero-order chi connectivity index (χ0) is 22.9. The molecule has 0 amide bonds. The smallest absolute Gasteiger partial charge is 0.166 e. The van der Waals surface area contributed by atoms with Crippen LogP contribution in [-0.2, 0) is 6.42 Å². The van der Waals surface area contributed by atoms with Crippen molar-refractivity contribution in [3.8, 4) is 36.0 Å². The van der Waals surface area contributed by atoms with Gasteiger partial charge in [-0.2, -0.15) is 0 Å². The fraction of sp³-hybridized carbons (Fsp3) is 0.310. The van der Waals surface area contributed by atoms with E-state index in [1.165, 1.54) is 0 Å². The van der Waals surface area contributed by atoms with Crippen LogP contribution in [0, 0.1) is 59.4 Å². The maximum atomic E-state index is 14.4. The Labute approximate surface area is 196 Å². The first-order valence-electron chi connectivity index (χ1n) is 10.9. The summed E-state index contributed by atoms with van der Waals surface area (Å²) in [6, 6.07) is 8.47. The lowest BCUT2D eigenvalue weighted by Gasteiger charge is -2.27. The number of terminal acetylenes is 1. The minimum Gasteiger partial charge on any atom is -0.206 e. The maximum absolute atomic E-state index is 14.4. The van der Waals surface area contributed by atoms with Crippen LogP contribution in [0.1, 0.15) is 74.3 Å². The molecule has 1 fully saturated rings. The van der Waals surface area contributed by atoms with E-state index in [2.05, 4.69) is 29.6 Å². The summed E-state index contributed by atoms with van der Waals surface area (Å²) >= 11 is 0. The van der Waals surface area contributed by atoms with Crippen LogP contribution in [-0.4, -0.2) is 0 Å². The van der Waals surface area contributed by atoms with Gasteiger partial charge in [0.1, 0.15) is 5.82 Å². The van der Waals surface area contributed by atoms with Crippen molar-refractivity contribution in [1.29, 1.82) is 0 Å². The molecule has 0 N–H and O–H groups in total. The highest BCUT2D eigenvalue weighted by Crippen LogP contribution is 2.37. The number of rotatable bonds is 5. The summed E-state index contributed by atoms with van der Waals surface area (Å²) in [5.74, 6) is 10.9. The van der Waals surface area contributed by atoms with Gasteiger partial charge in [-0.15, -0.1) is 6.42 Å². The van der Waals surface area contributed by atoms with Crippen molar-refractivity contribution >= 4 is 6.08 Å². The normalized spacial score (nSPS) is 17.7. The molecule has 172 valence electrons. The van der Waals surface area contributed by atoms with E-state index in [0.717, 1.165) is 37.7 Å². The molecule has 3 heteroatoms. The first kappa shape index (κ1) is 23.3. The third-order valence-corrected chi connectivity index (χ3v) is 5.89. The van der Waals surface area contributed by atoms with E-state index < -0.39 is 11.6 Å². The van der Waals surface area contributed by atoms with Gasteiger partial charge in [0.15, 0.2) is 11.6 Å². The highest BCUT2D eigenvalue weighted by atomic mass is 19.2. The van der Waals surface area contributed by atoms with Crippen molar-refractivity contribution in [3.63, 3.8) is 0 Å². The second-order valence-corrected chi connectivity index (χ2v) is 8.05. The number of halogens is 3. The van der Waals surface area contributed by atoms with E-state index in [-0.39, 0.29) is 24.4 Å². The first-order valence-corrected chi connectivity index (χ1v) is 10.9. The van der Waals surface area contributed by atoms with Crippen LogP contribution in [0.2, 0.25) is 0 Å². The largest absolute Gasteiger partial charge is 0.206 e.